The Morgan fingerprint density at radius 3 is 1.79 bits per heavy atom. The lowest BCUT2D eigenvalue weighted by atomic mass is 10.0. The number of nitrogens with one attached hydrogen (secondary N) is 2. The summed E-state index contributed by atoms with van der Waals surface area (Å²) in [4.78, 5) is 11.1. The maximum Gasteiger partial charge on any atom is 0.218 e. The fourth-order valence-electron chi connectivity index (χ4n) is 3.68. The lowest BCUT2D eigenvalue weighted by Crippen LogP contribution is -2.29. The zero-order valence-corrected chi connectivity index (χ0v) is 20.2. The molecule has 1 amide bonds. The van der Waals surface area contributed by atoms with Crippen LogP contribution in [0.25, 0.3) is 11.1 Å². The molecule has 0 aliphatic rings. The third kappa shape index (κ3) is 7.27. The molecule has 0 saturated heterocycles. The topological polar surface area (TPSA) is 75.3 Å². The second kappa shape index (κ2) is 11.3. The number of sulfonamides is 1. The average Bonchev–Trinajstić information content (AvgIpc) is 2.81. The molecule has 3 rings (SSSR count). The number of hydrogen-bond donors (Lipinski definition) is 2. The minimum atomic E-state index is -3.53. The molecule has 3 aromatic carbocycles. The minimum absolute atomic E-state index is 0.0513. The van der Waals surface area contributed by atoms with Crippen LogP contribution in [-0.2, 0) is 27.9 Å². The van der Waals surface area contributed by atoms with Crippen LogP contribution in [0.5, 0.6) is 0 Å². The van der Waals surface area contributed by atoms with Crippen molar-refractivity contribution >= 4 is 15.9 Å². The summed E-state index contributed by atoms with van der Waals surface area (Å²) in [5.74, 6) is 0.209. The quantitative estimate of drug-likeness (QED) is 0.433. The molecule has 0 aliphatic carbocycles. The molecule has 0 bridgehead atoms. The first kappa shape index (κ1) is 24.7. The standard InChI is InChI=1S/C27H32N2O3S/c1-20(2)17-27(26-7-5-4-6-8-26)33(31,32)29-19-23-11-15-25(16-12-23)24-13-9-22(10-14-24)18-28-21(3)30/h4-16,20,27,29H,17-19H2,1-3H3,(H,28,30). The van der Waals surface area contributed by atoms with Gasteiger partial charge in [-0.25, -0.2) is 13.1 Å². The van der Waals surface area contributed by atoms with Crippen LogP contribution in [-0.4, -0.2) is 14.3 Å². The van der Waals surface area contributed by atoms with E-state index in [4.69, 9.17) is 0 Å². The first-order chi connectivity index (χ1) is 15.7. The van der Waals surface area contributed by atoms with E-state index in [9.17, 15) is 13.2 Å². The third-order valence-electron chi connectivity index (χ3n) is 5.49. The van der Waals surface area contributed by atoms with E-state index in [0.717, 1.165) is 27.8 Å². The molecule has 0 fully saturated rings. The van der Waals surface area contributed by atoms with Crippen molar-refractivity contribution in [1.29, 1.82) is 0 Å². The van der Waals surface area contributed by atoms with Gasteiger partial charge in [-0.3, -0.25) is 4.79 Å². The van der Waals surface area contributed by atoms with E-state index in [0.29, 0.717) is 13.0 Å². The molecule has 1 unspecified atom stereocenters. The van der Waals surface area contributed by atoms with Crippen molar-refractivity contribution in [1.82, 2.24) is 10.0 Å². The van der Waals surface area contributed by atoms with E-state index in [-0.39, 0.29) is 18.4 Å². The van der Waals surface area contributed by atoms with Gasteiger partial charge in [0, 0.05) is 20.0 Å². The SMILES string of the molecule is CC(=O)NCc1ccc(-c2ccc(CNS(=O)(=O)C(CC(C)C)c3ccccc3)cc2)cc1. The Bertz CT molecular complexity index is 1140. The predicted octanol–water partition coefficient (Wildman–Crippen LogP) is 5.20. The van der Waals surface area contributed by atoms with Gasteiger partial charge in [-0.1, -0.05) is 92.7 Å². The van der Waals surface area contributed by atoms with Crippen LogP contribution in [0.4, 0.5) is 0 Å². The highest BCUT2D eigenvalue weighted by Crippen LogP contribution is 2.29. The maximum absolute atomic E-state index is 13.1. The van der Waals surface area contributed by atoms with Gasteiger partial charge in [-0.15, -0.1) is 0 Å². The predicted molar refractivity (Wildman–Crippen MR) is 134 cm³/mol. The van der Waals surface area contributed by atoms with Gasteiger partial charge >= 0.3 is 0 Å². The molecular weight excluding hydrogens is 432 g/mol. The fraction of sp³-hybridized carbons (Fsp3) is 0.296. The maximum atomic E-state index is 13.1. The summed E-state index contributed by atoms with van der Waals surface area (Å²) in [6.07, 6.45) is 0.566. The first-order valence-electron chi connectivity index (χ1n) is 11.2. The van der Waals surface area contributed by atoms with Gasteiger partial charge in [0.25, 0.3) is 0 Å². The summed E-state index contributed by atoms with van der Waals surface area (Å²) < 4.78 is 29.0. The zero-order valence-electron chi connectivity index (χ0n) is 19.4. The van der Waals surface area contributed by atoms with Gasteiger partial charge in [0.1, 0.15) is 5.25 Å². The van der Waals surface area contributed by atoms with Crippen molar-refractivity contribution in [3.05, 3.63) is 95.6 Å². The Balaban J connectivity index is 1.66. The fourth-order valence-corrected chi connectivity index (χ4v) is 5.40. The normalized spacial score (nSPS) is 12.5. The summed E-state index contributed by atoms with van der Waals surface area (Å²) in [6, 6.07) is 25.3. The third-order valence-corrected chi connectivity index (χ3v) is 7.25. The minimum Gasteiger partial charge on any atom is -0.352 e. The highest BCUT2D eigenvalue weighted by atomic mass is 32.2. The molecule has 1 atom stereocenters. The second-order valence-electron chi connectivity index (χ2n) is 8.70. The number of rotatable bonds is 10. The molecule has 0 heterocycles. The summed E-state index contributed by atoms with van der Waals surface area (Å²) in [6.45, 7) is 6.34. The lowest BCUT2D eigenvalue weighted by Gasteiger charge is -2.20. The molecule has 6 heteroatoms. The smallest absolute Gasteiger partial charge is 0.218 e. The Morgan fingerprint density at radius 2 is 1.30 bits per heavy atom. The van der Waals surface area contributed by atoms with Gasteiger partial charge in [0.15, 0.2) is 0 Å². The molecule has 5 nitrogen and oxygen atoms in total. The molecule has 2 N–H and O–H groups in total. The van der Waals surface area contributed by atoms with E-state index in [1.807, 2.05) is 92.7 Å². The van der Waals surface area contributed by atoms with E-state index in [1.165, 1.54) is 6.92 Å². The van der Waals surface area contributed by atoms with Crippen LogP contribution in [0.15, 0.2) is 78.9 Å². The van der Waals surface area contributed by atoms with Crippen molar-refractivity contribution in [2.75, 3.05) is 0 Å². The molecule has 0 spiro atoms. The number of benzene rings is 3. The average molecular weight is 465 g/mol. The Morgan fingerprint density at radius 1 is 0.788 bits per heavy atom. The van der Waals surface area contributed by atoms with Crippen LogP contribution in [0, 0.1) is 5.92 Å². The zero-order chi connectivity index (χ0) is 23.8. The van der Waals surface area contributed by atoms with Crippen molar-refractivity contribution in [3.8, 4) is 11.1 Å². The summed E-state index contributed by atoms with van der Waals surface area (Å²) in [5.41, 5.74) is 4.87. The van der Waals surface area contributed by atoms with Gasteiger partial charge in [0.2, 0.25) is 15.9 Å². The van der Waals surface area contributed by atoms with Crippen LogP contribution in [0.2, 0.25) is 0 Å². The highest BCUT2D eigenvalue weighted by molar-refractivity contribution is 7.89. The molecule has 0 radical (unpaired) electrons. The van der Waals surface area contributed by atoms with Crippen molar-refractivity contribution in [2.45, 2.75) is 45.5 Å². The molecule has 0 aromatic heterocycles. The Hall–Kier alpha value is -2.96. The van der Waals surface area contributed by atoms with Crippen molar-refractivity contribution in [2.24, 2.45) is 5.92 Å². The van der Waals surface area contributed by atoms with Crippen LogP contribution in [0.1, 0.15) is 49.1 Å². The number of carbonyl (C=O) groups excluding carboxylic acids is 1. The first-order valence-corrected chi connectivity index (χ1v) is 12.8. The monoisotopic (exact) mass is 464 g/mol. The van der Waals surface area contributed by atoms with Gasteiger partial charge in [0.05, 0.1) is 0 Å². The summed E-state index contributed by atoms with van der Waals surface area (Å²) in [5, 5.41) is 2.21. The van der Waals surface area contributed by atoms with Crippen molar-refractivity contribution < 1.29 is 13.2 Å². The van der Waals surface area contributed by atoms with Crippen molar-refractivity contribution in [3.63, 3.8) is 0 Å². The van der Waals surface area contributed by atoms with E-state index in [2.05, 4.69) is 10.0 Å². The van der Waals surface area contributed by atoms with Gasteiger partial charge in [-0.05, 0) is 40.2 Å². The molecule has 0 saturated carbocycles. The van der Waals surface area contributed by atoms with Crippen LogP contribution in [0.3, 0.4) is 0 Å². The Kier molecular flexibility index (Phi) is 8.42. The summed E-state index contributed by atoms with van der Waals surface area (Å²) in [7, 11) is -3.53. The van der Waals surface area contributed by atoms with E-state index in [1.54, 1.807) is 0 Å². The second-order valence-corrected chi connectivity index (χ2v) is 10.6. The van der Waals surface area contributed by atoms with E-state index < -0.39 is 15.3 Å². The summed E-state index contributed by atoms with van der Waals surface area (Å²) >= 11 is 0. The molecular formula is C27H32N2O3S. The Labute approximate surface area is 197 Å². The highest BCUT2D eigenvalue weighted by Gasteiger charge is 2.27. The van der Waals surface area contributed by atoms with Gasteiger partial charge < -0.3 is 5.32 Å². The lowest BCUT2D eigenvalue weighted by molar-refractivity contribution is -0.119. The molecule has 174 valence electrons. The van der Waals surface area contributed by atoms with Crippen LogP contribution >= 0.6 is 0 Å². The van der Waals surface area contributed by atoms with Gasteiger partial charge in [-0.2, -0.15) is 0 Å². The number of hydrogen-bond acceptors (Lipinski definition) is 3. The number of carbonyl (C=O) groups is 1. The molecule has 0 aliphatic heterocycles. The largest absolute Gasteiger partial charge is 0.352 e. The number of amides is 1. The van der Waals surface area contributed by atoms with E-state index >= 15 is 0 Å². The van der Waals surface area contributed by atoms with Crippen LogP contribution < -0.4 is 10.0 Å². The molecule has 3 aromatic rings. The molecule has 33 heavy (non-hydrogen) atoms.